The number of thiophene rings is 1. The van der Waals surface area contributed by atoms with Crippen LogP contribution in [0.25, 0.3) is 0 Å². The molecule has 4 rings (SSSR count). The Morgan fingerprint density at radius 2 is 1.95 bits per heavy atom. The van der Waals surface area contributed by atoms with E-state index in [0.717, 1.165) is 39.9 Å². The first-order chi connectivity index (χ1) is 10.2. The topological polar surface area (TPSA) is 26.3 Å². The summed E-state index contributed by atoms with van der Waals surface area (Å²) in [5.74, 6) is 0.892. The largest absolute Gasteiger partial charge is 0.492 e. The Balaban J connectivity index is 1.77. The lowest BCUT2D eigenvalue weighted by Crippen LogP contribution is -2.02. The highest BCUT2D eigenvalue weighted by Crippen LogP contribution is 2.37. The number of fused-ring (bicyclic) bond motifs is 2. The zero-order chi connectivity index (χ0) is 14.4. The molecular weight excluding hydrogens is 348 g/mol. The quantitative estimate of drug-likeness (QED) is 0.732. The van der Waals surface area contributed by atoms with Crippen LogP contribution in [-0.2, 0) is 19.3 Å². The Hall–Kier alpha value is -1.13. The number of halogens is 1. The molecule has 1 aromatic heterocycles. The molecule has 2 aliphatic rings. The van der Waals surface area contributed by atoms with Crippen molar-refractivity contribution in [2.75, 3.05) is 6.61 Å². The fourth-order valence-corrected chi connectivity index (χ4v) is 4.89. The van der Waals surface area contributed by atoms with Crippen LogP contribution in [0.1, 0.15) is 44.1 Å². The van der Waals surface area contributed by atoms with E-state index in [-0.39, 0.29) is 5.78 Å². The molecule has 2 heterocycles. The number of hydrogen-bond donors (Lipinski definition) is 0. The molecule has 0 atom stereocenters. The monoisotopic (exact) mass is 362 g/mol. The van der Waals surface area contributed by atoms with Crippen molar-refractivity contribution in [1.29, 1.82) is 0 Å². The van der Waals surface area contributed by atoms with Crippen molar-refractivity contribution >= 4 is 33.0 Å². The van der Waals surface area contributed by atoms with Gasteiger partial charge in [-0.05, 0) is 55.0 Å². The molecule has 21 heavy (non-hydrogen) atoms. The van der Waals surface area contributed by atoms with Gasteiger partial charge in [0.15, 0.2) is 0 Å². The lowest BCUT2D eigenvalue weighted by atomic mass is 9.98. The standard InChI is InChI=1S/C17H15BrO2S/c18-12-7-11-5-6-20-17(11)13(9-12)16(19)15-8-10-3-1-2-4-14(10)21-15/h7-9H,1-6H2. The van der Waals surface area contributed by atoms with Gasteiger partial charge in [0.25, 0.3) is 0 Å². The van der Waals surface area contributed by atoms with Crippen molar-refractivity contribution in [2.24, 2.45) is 0 Å². The molecule has 2 nitrogen and oxygen atoms in total. The summed E-state index contributed by atoms with van der Waals surface area (Å²) in [4.78, 5) is 15.1. The molecule has 0 unspecified atom stereocenters. The van der Waals surface area contributed by atoms with Gasteiger partial charge in [-0.15, -0.1) is 11.3 Å². The molecule has 4 heteroatoms. The number of ketones is 1. The average molecular weight is 363 g/mol. The van der Waals surface area contributed by atoms with Crippen molar-refractivity contribution < 1.29 is 9.53 Å². The van der Waals surface area contributed by atoms with E-state index in [4.69, 9.17) is 4.74 Å². The summed E-state index contributed by atoms with van der Waals surface area (Å²) in [6.07, 6.45) is 5.62. The van der Waals surface area contributed by atoms with Gasteiger partial charge in [-0.2, -0.15) is 0 Å². The van der Waals surface area contributed by atoms with E-state index in [0.29, 0.717) is 12.2 Å². The highest BCUT2D eigenvalue weighted by molar-refractivity contribution is 9.10. The molecule has 1 aliphatic heterocycles. The van der Waals surface area contributed by atoms with Gasteiger partial charge in [-0.3, -0.25) is 4.79 Å². The SMILES string of the molecule is O=C(c1cc2c(s1)CCCC2)c1cc(Br)cc2c1OCC2. The van der Waals surface area contributed by atoms with Crippen LogP contribution in [-0.4, -0.2) is 12.4 Å². The van der Waals surface area contributed by atoms with E-state index in [9.17, 15) is 4.79 Å². The van der Waals surface area contributed by atoms with Crippen LogP contribution in [0.3, 0.4) is 0 Å². The number of carbonyl (C=O) groups excluding carboxylic acids is 1. The smallest absolute Gasteiger partial charge is 0.206 e. The average Bonchev–Trinajstić information content (AvgIpc) is 3.11. The lowest BCUT2D eigenvalue weighted by molar-refractivity contribution is 0.103. The van der Waals surface area contributed by atoms with Crippen LogP contribution >= 0.6 is 27.3 Å². The third-order valence-corrected chi connectivity index (χ3v) is 5.91. The van der Waals surface area contributed by atoms with Gasteiger partial charge in [0.1, 0.15) is 5.75 Å². The van der Waals surface area contributed by atoms with E-state index in [1.807, 2.05) is 6.07 Å². The summed E-state index contributed by atoms with van der Waals surface area (Å²) in [5.41, 5.74) is 3.21. The van der Waals surface area contributed by atoms with E-state index in [1.165, 1.54) is 23.3 Å². The van der Waals surface area contributed by atoms with E-state index in [1.54, 1.807) is 11.3 Å². The zero-order valence-electron chi connectivity index (χ0n) is 11.6. The maximum Gasteiger partial charge on any atom is 0.206 e. The van der Waals surface area contributed by atoms with Gasteiger partial charge in [-0.25, -0.2) is 0 Å². The molecule has 1 aromatic carbocycles. The van der Waals surface area contributed by atoms with Gasteiger partial charge >= 0.3 is 0 Å². The molecule has 0 saturated carbocycles. The molecule has 0 saturated heterocycles. The minimum absolute atomic E-state index is 0.105. The third-order valence-electron chi connectivity index (χ3n) is 4.21. The first kappa shape index (κ1) is 13.5. The molecule has 0 bridgehead atoms. The van der Waals surface area contributed by atoms with Crippen LogP contribution in [0.2, 0.25) is 0 Å². The summed E-state index contributed by atoms with van der Waals surface area (Å²) < 4.78 is 6.65. The molecular formula is C17H15BrO2S. The van der Waals surface area contributed by atoms with Crippen molar-refractivity contribution in [3.63, 3.8) is 0 Å². The number of benzene rings is 1. The molecule has 0 N–H and O–H groups in total. The van der Waals surface area contributed by atoms with Crippen LogP contribution in [0.15, 0.2) is 22.7 Å². The summed E-state index contributed by atoms with van der Waals surface area (Å²) in [6, 6.07) is 6.05. The summed E-state index contributed by atoms with van der Waals surface area (Å²) in [5, 5.41) is 0. The normalized spacial score (nSPS) is 16.2. The van der Waals surface area contributed by atoms with Crippen molar-refractivity contribution in [3.05, 3.63) is 49.1 Å². The highest BCUT2D eigenvalue weighted by atomic mass is 79.9. The van der Waals surface area contributed by atoms with Crippen LogP contribution < -0.4 is 4.74 Å². The van der Waals surface area contributed by atoms with Crippen molar-refractivity contribution in [1.82, 2.24) is 0 Å². The predicted molar refractivity (Wildman–Crippen MR) is 87.7 cm³/mol. The Morgan fingerprint density at radius 1 is 1.10 bits per heavy atom. The molecule has 0 fully saturated rings. The number of ether oxygens (including phenoxy) is 1. The van der Waals surface area contributed by atoms with Crippen LogP contribution in [0.5, 0.6) is 5.75 Å². The lowest BCUT2D eigenvalue weighted by Gasteiger charge is -2.08. The second-order valence-electron chi connectivity index (χ2n) is 5.64. The number of hydrogen-bond acceptors (Lipinski definition) is 3. The number of rotatable bonds is 2. The maximum atomic E-state index is 12.9. The second-order valence-corrected chi connectivity index (χ2v) is 7.69. The molecule has 0 spiro atoms. The van der Waals surface area contributed by atoms with E-state index in [2.05, 4.69) is 28.1 Å². The fourth-order valence-electron chi connectivity index (χ4n) is 3.17. The van der Waals surface area contributed by atoms with Gasteiger partial charge < -0.3 is 4.74 Å². The van der Waals surface area contributed by atoms with Gasteiger partial charge in [0, 0.05) is 15.8 Å². The number of aryl methyl sites for hydroxylation is 2. The van der Waals surface area contributed by atoms with Gasteiger partial charge in [0.2, 0.25) is 5.78 Å². The van der Waals surface area contributed by atoms with E-state index < -0.39 is 0 Å². The van der Waals surface area contributed by atoms with Crippen LogP contribution in [0, 0.1) is 0 Å². The molecule has 108 valence electrons. The number of carbonyl (C=O) groups is 1. The Morgan fingerprint density at radius 3 is 2.81 bits per heavy atom. The molecule has 0 radical (unpaired) electrons. The molecule has 1 aliphatic carbocycles. The Bertz CT molecular complexity index is 709. The third kappa shape index (κ3) is 2.34. The Labute approximate surface area is 136 Å². The first-order valence-corrected chi connectivity index (χ1v) is 8.95. The van der Waals surface area contributed by atoms with Gasteiger partial charge in [0.05, 0.1) is 17.0 Å². The highest BCUT2D eigenvalue weighted by Gasteiger charge is 2.25. The second kappa shape index (κ2) is 5.25. The zero-order valence-corrected chi connectivity index (χ0v) is 14.0. The van der Waals surface area contributed by atoms with Gasteiger partial charge in [-0.1, -0.05) is 15.9 Å². The van der Waals surface area contributed by atoms with Crippen LogP contribution in [0.4, 0.5) is 0 Å². The minimum Gasteiger partial charge on any atom is -0.492 e. The maximum absolute atomic E-state index is 12.9. The fraction of sp³-hybridized carbons (Fsp3) is 0.353. The molecule has 0 amide bonds. The van der Waals surface area contributed by atoms with E-state index >= 15 is 0 Å². The minimum atomic E-state index is 0.105. The summed E-state index contributed by atoms with van der Waals surface area (Å²) >= 11 is 5.18. The molecule has 2 aromatic rings. The predicted octanol–water partition coefficient (Wildman–Crippen LogP) is 4.56. The van der Waals surface area contributed by atoms with Crippen molar-refractivity contribution in [3.8, 4) is 5.75 Å². The summed E-state index contributed by atoms with van der Waals surface area (Å²) in [6.45, 7) is 0.674. The van der Waals surface area contributed by atoms with Crippen molar-refractivity contribution in [2.45, 2.75) is 32.1 Å². The first-order valence-electron chi connectivity index (χ1n) is 7.34. The summed E-state index contributed by atoms with van der Waals surface area (Å²) in [7, 11) is 0. The Kier molecular flexibility index (Phi) is 3.38.